The summed E-state index contributed by atoms with van der Waals surface area (Å²) in [5.41, 5.74) is 5.71. The van der Waals surface area contributed by atoms with E-state index in [1.165, 1.54) is 5.01 Å². The minimum atomic E-state index is -1.38. The fourth-order valence-corrected chi connectivity index (χ4v) is 1.24. The Morgan fingerprint density at radius 2 is 2.33 bits per heavy atom. The van der Waals surface area contributed by atoms with Crippen LogP contribution in [0.3, 0.4) is 0 Å². The molecule has 0 spiro atoms. The minimum Gasteiger partial charge on any atom is -0.426 e. The number of rotatable bonds is 6. The van der Waals surface area contributed by atoms with E-state index < -0.39 is 7.12 Å². The van der Waals surface area contributed by atoms with Gasteiger partial charge in [-0.05, 0) is 6.42 Å². The van der Waals surface area contributed by atoms with Crippen LogP contribution in [0.2, 0.25) is 0 Å². The zero-order chi connectivity index (χ0) is 11.3. The van der Waals surface area contributed by atoms with Gasteiger partial charge in [-0.3, -0.25) is 11.3 Å². The number of amidine groups is 1. The second kappa shape index (κ2) is 5.88. The quantitative estimate of drug-likeness (QED) is 0.185. The summed E-state index contributed by atoms with van der Waals surface area (Å²) in [5.74, 6) is 6.36. The Bertz CT molecular complexity index is 226. The van der Waals surface area contributed by atoms with Crippen molar-refractivity contribution in [3.63, 3.8) is 0 Å². The summed E-state index contributed by atoms with van der Waals surface area (Å²) in [5, 5.41) is 24.3. The summed E-state index contributed by atoms with van der Waals surface area (Å²) in [6, 6.07) is 0. The van der Waals surface area contributed by atoms with E-state index in [9.17, 15) is 0 Å². The second-order valence-corrected chi connectivity index (χ2v) is 3.41. The van der Waals surface area contributed by atoms with Crippen molar-refractivity contribution in [2.45, 2.75) is 12.8 Å². The van der Waals surface area contributed by atoms with Crippen molar-refractivity contribution >= 4 is 13.0 Å². The predicted octanol–water partition coefficient (Wildman–Crippen LogP) is -2.78. The van der Waals surface area contributed by atoms with Gasteiger partial charge in [-0.2, -0.15) is 0 Å². The monoisotopic (exact) mass is 216 g/mol. The molecule has 1 heterocycles. The van der Waals surface area contributed by atoms with E-state index in [0.29, 0.717) is 6.54 Å². The molecule has 15 heavy (non-hydrogen) atoms. The van der Waals surface area contributed by atoms with Crippen LogP contribution in [0.5, 0.6) is 0 Å². The van der Waals surface area contributed by atoms with Crippen molar-refractivity contribution < 1.29 is 10.0 Å². The molecule has 1 aliphatic rings. The highest BCUT2D eigenvalue weighted by atomic mass is 16.4. The number of hydrazone groups is 1. The molecule has 6 N–H and O–H groups in total. The average Bonchev–Trinajstić information content (AvgIpc) is 2.50. The van der Waals surface area contributed by atoms with Gasteiger partial charge in [0, 0.05) is 26.5 Å². The molecule has 0 atom stereocenters. The summed E-state index contributed by atoms with van der Waals surface area (Å²) >= 11 is 0. The van der Waals surface area contributed by atoms with Gasteiger partial charge in [-0.25, -0.2) is 10.5 Å². The van der Waals surface area contributed by atoms with Gasteiger partial charge in [0.2, 0.25) is 0 Å². The summed E-state index contributed by atoms with van der Waals surface area (Å²) in [6.07, 6.45) is 1.61. The average molecular weight is 216 g/mol. The highest BCUT2D eigenvalue weighted by Crippen LogP contribution is 1.96. The van der Waals surface area contributed by atoms with Crippen LogP contribution < -0.4 is 16.8 Å². The highest BCUT2D eigenvalue weighted by molar-refractivity contribution is 6.41. The molecule has 0 unspecified atom stereocenters. The first kappa shape index (κ1) is 12.2. The lowest BCUT2D eigenvalue weighted by Crippen LogP contribution is -2.41. The topological polar surface area (TPSA) is 109 Å². The predicted molar refractivity (Wildman–Crippen MR) is 56.7 cm³/mol. The molecular formula is C6H17BN6O2. The number of nitrogens with zero attached hydrogens (tertiary/aromatic N) is 3. The number of hydrogen-bond donors (Lipinski definition) is 5. The Kier molecular flexibility index (Phi) is 4.79. The zero-order valence-electron chi connectivity index (χ0n) is 8.72. The second-order valence-electron chi connectivity index (χ2n) is 3.41. The van der Waals surface area contributed by atoms with Crippen molar-refractivity contribution in [1.29, 1.82) is 0 Å². The lowest BCUT2D eigenvalue weighted by molar-refractivity contribution is 0.230. The van der Waals surface area contributed by atoms with E-state index in [0.717, 1.165) is 18.7 Å². The molecule has 0 aliphatic carbocycles. The molecule has 0 bridgehead atoms. The van der Waals surface area contributed by atoms with Crippen molar-refractivity contribution in [2.24, 2.45) is 10.9 Å². The van der Waals surface area contributed by atoms with Crippen LogP contribution in [0, 0.1) is 0 Å². The number of hydrogen-bond acceptors (Lipinski definition) is 8. The maximum absolute atomic E-state index is 8.65. The Balaban J connectivity index is 2.06. The molecule has 0 aromatic rings. The first-order valence-electron chi connectivity index (χ1n) is 4.76. The number of hydrazine groups is 3. The third-order valence-corrected chi connectivity index (χ3v) is 1.89. The maximum Gasteiger partial charge on any atom is 0.468 e. The van der Waals surface area contributed by atoms with Crippen LogP contribution in [0.1, 0.15) is 12.8 Å². The van der Waals surface area contributed by atoms with Crippen LogP contribution >= 0.6 is 0 Å². The Labute approximate surface area is 88.8 Å². The standard InChI is InChI=1S/C6H17BN6O2/c1-12-10-6(9-11-12)3-2-4-13(8)5-7(14)15/h11,14-15H,2-5,8H2,1H3,(H,9,10). The largest absolute Gasteiger partial charge is 0.468 e. The third-order valence-electron chi connectivity index (χ3n) is 1.89. The fraction of sp³-hybridized carbons (Fsp3) is 0.833. The van der Waals surface area contributed by atoms with E-state index in [2.05, 4.69) is 16.1 Å². The van der Waals surface area contributed by atoms with Gasteiger partial charge in [0.25, 0.3) is 0 Å². The molecule has 86 valence electrons. The van der Waals surface area contributed by atoms with Crippen molar-refractivity contribution in [1.82, 2.24) is 21.1 Å². The van der Waals surface area contributed by atoms with Crippen LogP contribution in [-0.4, -0.2) is 53.2 Å². The minimum absolute atomic E-state index is 0.0536. The molecule has 1 aliphatic heterocycles. The Morgan fingerprint density at radius 3 is 2.87 bits per heavy atom. The zero-order valence-corrected chi connectivity index (χ0v) is 8.72. The number of nitrogens with one attached hydrogen (secondary N) is 2. The van der Waals surface area contributed by atoms with Gasteiger partial charge in [0.05, 0.1) is 0 Å². The fourth-order valence-electron chi connectivity index (χ4n) is 1.24. The Morgan fingerprint density at radius 1 is 1.60 bits per heavy atom. The van der Waals surface area contributed by atoms with Crippen LogP contribution in [0.25, 0.3) is 0 Å². The molecule has 8 nitrogen and oxygen atoms in total. The van der Waals surface area contributed by atoms with E-state index in [4.69, 9.17) is 15.9 Å². The van der Waals surface area contributed by atoms with Crippen molar-refractivity contribution in [3.8, 4) is 0 Å². The van der Waals surface area contributed by atoms with Crippen LogP contribution in [-0.2, 0) is 0 Å². The highest BCUT2D eigenvalue weighted by Gasteiger charge is 2.12. The van der Waals surface area contributed by atoms with Gasteiger partial charge >= 0.3 is 7.12 Å². The molecule has 0 saturated heterocycles. The molecule has 1 rings (SSSR count). The molecular weight excluding hydrogens is 199 g/mol. The molecule has 0 radical (unpaired) electrons. The van der Waals surface area contributed by atoms with Crippen molar-refractivity contribution in [3.05, 3.63) is 0 Å². The van der Waals surface area contributed by atoms with E-state index in [1.807, 2.05) is 7.05 Å². The molecule has 0 amide bonds. The van der Waals surface area contributed by atoms with E-state index >= 15 is 0 Å². The molecule has 0 saturated carbocycles. The molecule has 0 aromatic carbocycles. The molecule has 9 heteroatoms. The van der Waals surface area contributed by atoms with Gasteiger partial charge < -0.3 is 10.0 Å². The third kappa shape index (κ3) is 4.95. The number of nitrogens with two attached hydrogens (primary N) is 1. The SMILES string of the molecule is CN1NN=C(CCCN(N)CB(O)O)N1. The van der Waals surface area contributed by atoms with E-state index in [1.54, 1.807) is 5.12 Å². The van der Waals surface area contributed by atoms with Gasteiger partial charge in [0.15, 0.2) is 0 Å². The Hall–Kier alpha value is -0.865. The van der Waals surface area contributed by atoms with Gasteiger partial charge in [0.1, 0.15) is 5.84 Å². The van der Waals surface area contributed by atoms with Crippen molar-refractivity contribution in [2.75, 3.05) is 20.0 Å². The van der Waals surface area contributed by atoms with Gasteiger partial charge in [-0.15, -0.1) is 10.2 Å². The smallest absolute Gasteiger partial charge is 0.426 e. The normalized spacial score (nSPS) is 16.2. The first-order chi connectivity index (χ1) is 7.08. The van der Waals surface area contributed by atoms with Gasteiger partial charge in [-0.1, -0.05) is 0 Å². The van der Waals surface area contributed by atoms with E-state index in [-0.39, 0.29) is 6.44 Å². The summed E-state index contributed by atoms with van der Waals surface area (Å²) in [6.45, 7) is 0.585. The summed E-state index contributed by atoms with van der Waals surface area (Å²) < 4.78 is 0. The maximum atomic E-state index is 8.65. The van der Waals surface area contributed by atoms with Crippen LogP contribution in [0.15, 0.2) is 5.10 Å². The summed E-state index contributed by atoms with van der Waals surface area (Å²) in [7, 11) is 0.429. The summed E-state index contributed by atoms with van der Waals surface area (Å²) in [4.78, 5) is 0. The molecule has 0 fully saturated rings. The lowest BCUT2D eigenvalue weighted by atomic mass is 9.92. The molecule has 0 aromatic heterocycles. The lowest BCUT2D eigenvalue weighted by Gasteiger charge is -2.15. The first-order valence-corrected chi connectivity index (χ1v) is 4.76. The van der Waals surface area contributed by atoms with Crippen LogP contribution in [0.4, 0.5) is 0 Å².